The van der Waals surface area contributed by atoms with Crippen LogP contribution in [0.2, 0.25) is 0 Å². The SMILES string of the molecule is COCCNC(C#N)CC(=O)N1CCCCC1. The zero-order chi connectivity index (χ0) is 12.5. The summed E-state index contributed by atoms with van der Waals surface area (Å²) in [5.41, 5.74) is 0. The molecule has 0 bridgehead atoms. The molecule has 1 amide bonds. The molecule has 1 rings (SSSR count). The molecule has 1 aliphatic rings. The van der Waals surface area contributed by atoms with E-state index in [1.807, 2.05) is 4.90 Å². The van der Waals surface area contributed by atoms with Crippen LogP contribution >= 0.6 is 0 Å². The molecule has 17 heavy (non-hydrogen) atoms. The zero-order valence-electron chi connectivity index (χ0n) is 10.4. The molecule has 1 N–H and O–H groups in total. The Morgan fingerprint density at radius 3 is 2.76 bits per heavy atom. The molecule has 1 saturated heterocycles. The maximum absolute atomic E-state index is 11.9. The van der Waals surface area contributed by atoms with Crippen molar-refractivity contribution in [2.75, 3.05) is 33.4 Å². The molecule has 0 aromatic heterocycles. The van der Waals surface area contributed by atoms with Gasteiger partial charge in [-0.3, -0.25) is 10.1 Å². The van der Waals surface area contributed by atoms with Crippen LogP contribution in [0.25, 0.3) is 0 Å². The molecular weight excluding hydrogens is 218 g/mol. The molecular formula is C12H21N3O2. The van der Waals surface area contributed by atoms with Crippen molar-refractivity contribution in [1.29, 1.82) is 5.26 Å². The average Bonchev–Trinajstić information content (AvgIpc) is 2.38. The normalized spacial score (nSPS) is 17.5. The Labute approximate surface area is 103 Å². The van der Waals surface area contributed by atoms with Gasteiger partial charge in [0.15, 0.2) is 0 Å². The predicted molar refractivity (Wildman–Crippen MR) is 64.3 cm³/mol. The molecule has 0 aromatic rings. The minimum absolute atomic E-state index is 0.0844. The smallest absolute Gasteiger partial charge is 0.225 e. The van der Waals surface area contributed by atoms with Crippen molar-refractivity contribution in [2.45, 2.75) is 31.7 Å². The van der Waals surface area contributed by atoms with Gasteiger partial charge in [-0.2, -0.15) is 5.26 Å². The Morgan fingerprint density at radius 1 is 1.47 bits per heavy atom. The number of likely N-dealkylation sites (tertiary alicyclic amines) is 1. The van der Waals surface area contributed by atoms with Crippen LogP contribution in [0.1, 0.15) is 25.7 Å². The summed E-state index contributed by atoms with van der Waals surface area (Å²) in [4.78, 5) is 13.8. The van der Waals surface area contributed by atoms with E-state index in [4.69, 9.17) is 10.00 Å². The molecule has 0 spiro atoms. The van der Waals surface area contributed by atoms with Crippen LogP contribution in [-0.4, -0.2) is 50.2 Å². The van der Waals surface area contributed by atoms with Gasteiger partial charge in [0.25, 0.3) is 0 Å². The number of carbonyl (C=O) groups excluding carboxylic acids is 1. The Balaban J connectivity index is 2.29. The fourth-order valence-corrected chi connectivity index (χ4v) is 1.95. The van der Waals surface area contributed by atoms with E-state index in [2.05, 4.69) is 11.4 Å². The van der Waals surface area contributed by atoms with Crippen molar-refractivity contribution < 1.29 is 9.53 Å². The van der Waals surface area contributed by atoms with Crippen LogP contribution in [-0.2, 0) is 9.53 Å². The van der Waals surface area contributed by atoms with Crippen LogP contribution in [0.3, 0.4) is 0 Å². The first kappa shape index (κ1) is 13.9. The third-order valence-corrected chi connectivity index (χ3v) is 2.94. The third-order valence-electron chi connectivity index (χ3n) is 2.94. The van der Waals surface area contributed by atoms with Gasteiger partial charge >= 0.3 is 0 Å². The van der Waals surface area contributed by atoms with Crippen molar-refractivity contribution in [3.8, 4) is 6.07 Å². The Kier molecular flexibility index (Phi) is 6.60. The summed E-state index contributed by atoms with van der Waals surface area (Å²) in [6.45, 7) is 2.84. The lowest BCUT2D eigenvalue weighted by Crippen LogP contribution is -2.40. The molecule has 1 heterocycles. The van der Waals surface area contributed by atoms with E-state index in [-0.39, 0.29) is 12.3 Å². The number of piperidine rings is 1. The lowest BCUT2D eigenvalue weighted by Gasteiger charge is -2.27. The lowest BCUT2D eigenvalue weighted by atomic mass is 10.1. The van der Waals surface area contributed by atoms with Gasteiger partial charge in [0.2, 0.25) is 5.91 Å². The molecule has 1 aliphatic heterocycles. The molecule has 5 heteroatoms. The van der Waals surface area contributed by atoms with Crippen molar-refractivity contribution in [2.24, 2.45) is 0 Å². The first-order valence-corrected chi connectivity index (χ1v) is 6.17. The zero-order valence-corrected chi connectivity index (χ0v) is 10.4. The largest absolute Gasteiger partial charge is 0.383 e. The Hall–Kier alpha value is -1.12. The van der Waals surface area contributed by atoms with Gasteiger partial charge in [0.1, 0.15) is 6.04 Å². The standard InChI is InChI=1S/C12H21N3O2/c1-17-8-5-14-11(10-13)9-12(16)15-6-3-2-4-7-15/h11,14H,2-9H2,1H3. The summed E-state index contributed by atoms with van der Waals surface area (Å²) in [5, 5.41) is 12.0. The monoisotopic (exact) mass is 239 g/mol. The highest BCUT2D eigenvalue weighted by Crippen LogP contribution is 2.10. The molecule has 0 aromatic carbocycles. The second-order valence-electron chi connectivity index (χ2n) is 4.27. The second-order valence-corrected chi connectivity index (χ2v) is 4.27. The maximum atomic E-state index is 11.9. The first-order valence-electron chi connectivity index (χ1n) is 6.17. The number of ether oxygens (including phenoxy) is 1. The van der Waals surface area contributed by atoms with Crippen LogP contribution < -0.4 is 5.32 Å². The highest BCUT2D eigenvalue weighted by Gasteiger charge is 2.20. The molecule has 1 atom stereocenters. The topological polar surface area (TPSA) is 65.4 Å². The van der Waals surface area contributed by atoms with E-state index < -0.39 is 6.04 Å². The van der Waals surface area contributed by atoms with E-state index in [1.165, 1.54) is 6.42 Å². The Morgan fingerprint density at radius 2 is 2.18 bits per heavy atom. The van der Waals surface area contributed by atoms with Crippen LogP contribution in [0.15, 0.2) is 0 Å². The number of hydrogen-bond donors (Lipinski definition) is 1. The molecule has 0 radical (unpaired) electrons. The van der Waals surface area contributed by atoms with E-state index >= 15 is 0 Å². The van der Waals surface area contributed by atoms with Crippen molar-refractivity contribution in [3.05, 3.63) is 0 Å². The van der Waals surface area contributed by atoms with Gasteiger partial charge in [0.05, 0.1) is 19.1 Å². The van der Waals surface area contributed by atoms with Crippen LogP contribution in [0.4, 0.5) is 0 Å². The summed E-state index contributed by atoms with van der Waals surface area (Å²) >= 11 is 0. The minimum atomic E-state index is -0.403. The van der Waals surface area contributed by atoms with Crippen molar-refractivity contribution >= 4 is 5.91 Å². The number of nitriles is 1. The summed E-state index contributed by atoms with van der Waals surface area (Å²) < 4.78 is 4.89. The number of hydrogen-bond acceptors (Lipinski definition) is 4. The first-order chi connectivity index (χ1) is 8.27. The fourth-order valence-electron chi connectivity index (χ4n) is 1.95. The number of carbonyl (C=O) groups is 1. The summed E-state index contributed by atoms with van der Waals surface area (Å²) in [5.74, 6) is 0.0844. The van der Waals surface area contributed by atoms with Gasteiger partial charge in [0, 0.05) is 26.7 Å². The van der Waals surface area contributed by atoms with Crippen molar-refractivity contribution in [3.63, 3.8) is 0 Å². The lowest BCUT2D eigenvalue weighted by molar-refractivity contribution is -0.132. The number of nitrogens with one attached hydrogen (secondary N) is 1. The molecule has 0 aliphatic carbocycles. The highest BCUT2D eigenvalue weighted by molar-refractivity contribution is 5.77. The molecule has 96 valence electrons. The average molecular weight is 239 g/mol. The molecule has 0 saturated carbocycles. The number of amides is 1. The maximum Gasteiger partial charge on any atom is 0.225 e. The number of methoxy groups -OCH3 is 1. The van der Waals surface area contributed by atoms with Gasteiger partial charge < -0.3 is 9.64 Å². The fraction of sp³-hybridized carbons (Fsp3) is 0.833. The molecule has 1 unspecified atom stereocenters. The van der Waals surface area contributed by atoms with E-state index in [9.17, 15) is 4.79 Å². The second kappa shape index (κ2) is 8.04. The summed E-state index contributed by atoms with van der Waals surface area (Å²) in [6.07, 6.45) is 3.64. The van der Waals surface area contributed by atoms with Gasteiger partial charge in [-0.05, 0) is 19.3 Å². The van der Waals surface area contributed by atoms with Gasteiger partial charge in [-0.25, -0.2) is 0 Å². The van der Waals surface area contributed by atoms with Gasteiger partial charge in [-0.1, -0.05) is 0 Å². The quantitative estimate of drug-likeness (QED) is 0.686. The van der Waals surface area contributed by atoms with Crippen LogP contribution in [0.5, 0.6) is 0 Å². The van der Waals surface area contributed by atoms with E-state index in [0.29, 0.717) is 13.2 Å². The van der Waals surface area contributed by atoms with Gasteiger partial charge in [-0.15, -0.1) is 0 Å². The summed E-state index contributed by atoms with van der Waals surface area (Å²) in [6, 6.07) is 1.71. The summed E-state index contributed by atoms with van der Waals surface area (Å²) in [7, 11) is 1.61. The Bertz CT molecular complexity index is 269. The van der Waals surface area contributed by atoms with E-state index in [1.54, 1.807) is 7.11 Å². The highest BCUT2D eigenvalue weighted by atomic mass is 16.5. The predicted octanol–water partition coefficient (Wildman–Crippen LogP) is 0.517. The number of nitrogens with zero attached hydrogens (tertiary/aromatic N) is 2. The van der Waals surface area contributed by atoms with Crippen molar-refractivity contribution in [1.82, 2.24) is 10.2 Å². The van der Waals surface area contributed by atoms with E-state index in [0.717, 1.165) is 25.9 Å². The molecule has 1 fully saturated rings. The van der Waals surface area contributed by atoms with Crippen LogP contribution in [0, 0.1) is 11.3 Å². The number of rotatable bonds is 6. The third kappa shape index (κ3) is 5.16. The minimum Gasteiger partial charge on any atom is -0.383 e. The molecule has 5 nitrogen and oxygen atoms in total.